The summed E-state index contributed by atoms with van der Waals surface area (Å²) in [5.74, 6) is 0.269. The minimum Gasteiger partial charge on any atom is -0.363 e. The molecule has 0 saturated heterocycles. The first-order chi connectivity index (χ1) is 7.15. The zero-order chi connectivity index (χ0) is 11.3. The van der Waals surface area contributed by atoms with Gasteiger partial charge in [-0.05, 0) is 6.07 Å². The second-order valence-corrected chi connectivity index (χ2v) is 3.64. The number of anilines is 1. The van der Waals surface area contributed by atoms with Gasteiger partial charge in [0.25, 0.3) is 6.43 Å². The molecule has 0 aliphatic carbocycles. The molecule has 0 unspecified atom stereocenters. The minimum absolute atomic E-state index is 0.269. The summed E-state index contributed by atoms with van der Waals surface area (Å²) in [7, 11) is 0. The maximum Gasteiger partial charge on any atom is 0.255 e. The van der Waals surface area contributed by atoms with Crippen molar-refractivity contribution in [3.8, 4) is 0 Å². The van der Waals surface area contributed by atoms with Gasteiger partial charge in [0.2, 0.25) is 0 Å². The van der Waals surface area contributed by atoms with Gasteiger partial charge in [0, 0.05) is 24.8 Å². The number of alkyl halides is 3. The fourth-order valence-electron chi connectivity index (χ4n) is 1.20. The van der Waals surface area contributed by atoms with E-state index < -0.39 is 6.43 Å². The van der Waals surface area contributed by atoms with E-state index in [0.717, 1.165) is 0 Å². The molecule has 0 radical (unpaired) electrons. The first-order valence-corrected chi connectivity index (χ1v) is 5.25. The monoisotopic (exact) mass is 254 g/mol. The molecule has 1 rings (SSSR count). The lowest BCUT2D eigenvalue weighted by atomic mass is 10.3. The topological polar surface area (TPSA) is 16.1 Å². The third kappa shape index (κ3) is 3.80. The fourth-order valence-corrected chi connectivity index (χ4v) is 1.65. The van der Waals surface area contributed by atoms with Crippen LogP contribution in [0.5, 0.6) is 0 Å². The molecule has 6 heteroatoms. The number of hydrogen-bond donors (Lipinski definition) is 0. The molecule has 2 nitrogen and oxygen atoms in total. The van der Waals surface area contributed by atoms with Crippen LogP contribution >= 0.6 is 23.2 Å². The van der Waals surface area contributed by atoms with Gasteiger partial charge in [-0.1, -0.05) is 11.6 Å². The number of nitrogens with zero attached hydrogens (tertiary/aromatic N) is 2. The van der Waals surface area contributed by atoms with Gasteiger partial charge in [0.05, 0.1) is 17.3 Å². The smallest absolute Gasteiger partial charge is 0.255 e. The molecule has 0 aromatic carbocycles. The van der Waals surface area contributed by atoms with Crippen LogP contribution in [0.4, 0.5) is 14.5 Å². The van der Waals surface area contributed by atoms with Crippen molar-refractivity contribution >= 4 is 28.9 Å². The van der Waals surface area contributed by atoms with Gasteiger partial charge in [-0.2, -0.15) is 0 Å². The SMILES string of the molecule is FC(F)CN(CCCl)c1ccncc1Cl. The summed E-state index contributed by atoms with van der Waals surface area (Å²) >= 11 is 11.4. The average molecular weight is 255 g/mol. The summed E-state index contributed by atoms with van der Waals surface area (Å²) in [4.78, 5) is 5.23. The highest BCUT2D eigenvalue weighted by molar-refractivity contribution is 6.33. The van der Waals surface area contributed by atoms with Crippen LogP contribution in [0.25, 0.3) is 0 Å². The Morgan fingerprint density at radius 2 is 2.20 bits per heavy atom. The van der Waals surface area contributed by atoms with Crippen molar-refractivity contribution < 1.29 is 8.78 Å². The summed E-state index contributed by atoms with van der Waals surface area (Å²) in [5, 5.41) is 0.350. The van der Waals surface area contributed by atoms with E-state index in [9.17, 15) is 8.78 Å². The molecule has 0 saturated carbocycles. The predicted molar refractivity (Wildman–Crippen MR) is 58.2 cm³/mol. The normalized spacial score (nSPS) is 10.7. The van der Waals surface area contributed by atoms with Crippen molar-refractivity contribution in [1.82, 2.24) is 4.98 Å². The van der Waals surface area contributed by atoms with E-state index in [1.807, 2.05) is 0 Å². The average Bonchev–Trinajstić information content (AvgIpc) is 2.17. The number of hydrogen-bond acceptors (Lipinski definition) is 2. The van der Waals surface area contributed by atoms with Crippen LogP contribution in [0.2, 0.25) is 5.02 Å². The van der Waals surface area contributed by atoms with E-state index in [-0.39, 0.29) is 12.4 Å². The third-order valence-corrected chi connectivity index (χ3v) is 2.26. The van der Waals surface area contributed by atoms with Crippen LogP contribution in [0, 0.1) is 0 Å². The van der Waals surface area contributed by atoms with Gasteiger partial charge in [0.15, 0.2) is 0 Å². The van der Waals surface area contributed by atoms with Crippen LogP contribution in [0.15, 0.2) is 18.5 Å². The number of rotatable bonds is 5. The number of halogens is 4. The van der Waals surface area contributed by atoms with E-state index in [4.69, 9.17) is 23.2 Å². The van der Waals surface area contributed by atoms with Gasteiger partial charge in [-0.15, -0.1) is 11.6 Å². The number of aromatic nitrogens is 1. The highest BCUT2D eigenvalue weighted by Gasteiger charge is 2.14. The zero-order valence-corrected chi connectivity index (χ0v) is 9.35. The molecule has 0 fully saturated rings. The Kier molecular flexibility index (Phi) is 5.05. The zero-order valence-electron chi connectivity index (χ0n) is 7.84. The molecular weight excluding hydrogens is 245 g/mol. The molecule has 0 aliphatic heterocycles. The van der Waals surface area contributed by atoms with Crippen molar-refractivity contribution in [2.45, 2.75) is 6.43 Å². The lowest BCUT2D eigenvalue weighted by molar-refractivity contribution is 0.155. The van der Waals surface area contributed by atoms with E-state index in [1.165, 1.54) is 17.3 Å². The van der Waals surface area contributed by atoms with Crippen LogP contribution in [-0.4, -0.2) is 30.4 Å². The van der Waals surface area contributed by atoms with Gasteiger partial charge in [0.1, 0.15) is 0 Å². The molecule has 84 valence electrons. The molecular formula is C9H10Cl2F2N2. The fraction of sp³-hybridized carbons (Fsp3) is 0.444. The van der Waals surface area contributed by atoms with Crippen LogP contribution in [0.3, 0.4) is 0 Å². The standard InChI is InChI=1S/C9H10Cl2F2N2/c10-2-4-15(6-9(12)13)8-1-3-14-5-7(8)11/h1,3,5,9H,2,4,6H2. The largest absolute Gasteiger partial charge is 0.363 e. The maximum absolute atomic E-state index is 12.3. The Balaban J connectivity index is 2.83. The Morgan fingerprint density at radius 1 is 1.47 bits per heavy atom. The second-order valence-electron chi connectivity index (χ2n) is 2.85. The van der Waals surface area contributed by atoms with E-state index >= 15 is 0 Å². The van der Waals surface area contributed by atoms with Crippen molar-refractivity contribution in [1.29, 1.82) is 0 Å². The van der Waals surface area contributed by atoms with Gasteiger partial charge in [-0.25, -0.2) is 8.78 Å². The van der Waals surface area contributed by atoms with Gasteiger partial charge in [-0.3, -0.25) is 4.98 Å². The Bertz CT molecular complexity index is 310. The van der Waals surface area contributed by atoms with Crippen molar-refractivity contribution in [3.05, 3.63) is 23.5 Å². The molecule has 0 amide bonds. The molecule has 0 spiro atoms. The highest BCUT2D eigenvalue weighted by atomic mass is 35.5. The summed E-state index contributed by atoms with van der Waals surface area (Å²) in [6.07, 6.45) is 0.509. The molecule has 15 heavy (non-hydrogen) atoms. The maximum atomic E-state index is 12.3. The molecule has 1 aromatic rings. The molecule has 0 atom stereocenters. The molecule has 0 bridgehead atoms. The Labute approximate surface area is 96.8 Å². The van der Waals surface area contributed by atoms with Gasteiger partial charge < -0.3 is 4.90 Å². The first kappa shape index (κ1) is 12.5. The summed E-state index contributed by atoms with van der Waals surface area (Å²) in [6.45, 7) is -0.0495. The van der Waals surface area contributed by atoms with Crippen molar-refractivity contribution in [3.63, 3.8) is 0 Å². The Morgan fingerprint density at radius 3 is 2.73 bits per heavy atom. The quantitative estimate of drug-likeness (QED) is 0.752. The molecule has 1 heterocycles. The number of pyridine rings is 1. The van der Waals surface area contributed by atoms with Crippen LogP contribution in [-0.2, 0) is 0 Å². The van der Waals surface area contributed by atoms with E-state index in [2.05, 4.69) is 4.98 Å². The lowest BCUT2D eigenvalue weighted by Gasteiger charge is -2.24. The second kappa shape index (κ2) is 6.08. The van der Waals surface area contributed by atoms with Crippen molar-refractivity contribution in [2.75, 3.05) is 23.9 Å². The Hall–Kier alpha value is -0.610. The molecule has 0 aliphatic rings. The molecule has 1 aromatic heterocycles. The summed E-state index contributed by atoms with van der Waals surface area (Å²) < 4.78 is 24.6. The lowest BCUT2D eigenvalue weighted by Crippen LogP contribution is -2.30. The van der Waals surface area contributed by atoms with Crippen molar-refractivity contribution in [2.24, 2.45) is 0 Å². The van der Waals surface area contributed by atoms with E-state index in [1.54, 1.807) is 6.07 Å². The minimum atomic E-state index is -2.42. The van der Waals surface area contributed by atoms with Crippen LogP contribution < -0.4 is 4.90 Å². The van der Waals surface area contributed by atoms with Crippen LogP contribution in [0.1, 0.15) is 0 Å². The first-order valence-electron chi connectivity index (χ1n) is 4.33. The van der Waals surface area contributed by atoms with E-state index in [0.29, 0.717) is 17.3 Å². The highest BCUT2D eigenvalue weighted by Crippen LogP contribution is 2.24. The summed E-state index contributed by atoms with van der Waals surface area (Å²) in [5.41, 5.74) is 0.535. The molecule has 0 N–H and O–H groups in total. The van der Waals surface area contributed by atoms with Gasteiger partial charge >= 0.3 is 0 Å². The predicted octanol–water partition coefficient (Wildman–Crippen LogP) is 3.05. The summed E-state index contributed by atoms with van der Waals surface area (Å²) in [6, 6.07) is 1.59. The third-order valence-electron chi connectivity index (χ3n) is 1.80.